The lowest BCUT2D eigenvalue weighted by Gasteiger charge is -2.17. The first kappa shape index (κ1) is 14.8. The molecule has 0 bridgehead atoms. The van der Waals surface area contributed by atoms with Gasteiger partial charge in [0.1, 0.15) is 0 Å². The van der Waals surface area contributed by atoms with E-state index >= 15 is 0 Å². The molecule has 0 amide bonds. The fraction of sp³-hybridized carbons (Fsp3) is 0.455. The van der Waals surface area contributed by atoms with Crippen molar-refractivity contribution in [1.29, 1.82) is 0 Å². The van der Waals surface area contributed by atoms with E-state index < -0.39 is 31.0 Å². The second-order valence-corrected chi connectivity index (χ2v) is 9.27. The summed E-state index contributed by atoms with van der Waals surface area (Å²) in [6.07, 6.45) is 0. The van der Waals surface area contributed by atoms with Crippen LogP contribution in [0.2, 0.25) is 5.02 Å². The molecular weight excluding hydrogens is 310 g/mol. The van der Waals surface area contributed by atoms with Gasteiger partial charge in [0.05, 0.1) is 21.7 Å². The Balaban J connectivity index is 2.42. The average molecular weight is 324 g/mol. The molecule has 1 aromatic rings. The number of hydrogen-bond acceptors (Lipinski definition) is 5. The van der Waals surface area contributed by atoms with E-state index in [9.17, 15) is 16.8 Å². The normalized spacial score (nSPS) is 26.4. The van der Waals surface area contributed by atoms with Crippen molar-refractivity contribution in [3.63, 3.8) is 0 Å². The first-order valence-electron chi connectivity index (χ1n) is 5.63. The van der Waals surface area contributed by atoms with Gasteiger partial charge in [0.2, 0.25) is 0 Å². The van der Waals surface area contributed by atoms with Crippen molar-refractivity contribution in [3.05, 3.63) is 29.3 Å². The van der Waals surface area contributed by atoms with Crippen molar-refractivity contribution in [3.8, 4) is 0 Å². The predicted molar refractivity (Wildman–Crippen MR) is 73.9 cm³/mol. The lowest BCUT2D eigenvalue weighted by Crippen LogP contribution is -2.41. The van der Waals surface area contributed by atoms with Crippen molar-refractivity contribution < 1.29 is 16.8 Å². The second kappa shape index (κ2) is 5.05. The molecule has 0 aliphatic carbocycles. The molecule has 1 N–H and O–H groups in total. The monoisotopic (exact) mass is 323 g/mol. The summed E-state index contributed by atoms with van der Waals surface area (Å²) >= 11 is 5.72. The van der Waals surface area contributed by atoms with Crippen molar-refractivity contribution in [2.24, 2.45) is 0 Å². The van der Waals surface area contributed by atoms with Crippen LogP contribution < -0.4 is 5.32 Å². The van der Waals surface area contributed by atoms with E-state index in [4.69, 9.17) is 11.6 Å². The zero-order valence-electron chi connectivity index (χ0n) is 10.2. The molecule has 19 heavy (non-hydrogen) atoms. The molecule has 1 saturated heterocycles. The molecule has 5 nitrogen and oxygen atoms in total. The lowest BCUT2D eigenvalue weighted by molar-refractivity contribution is 0.553. The molecular formula is C11H14ClNO4S2. The van der Waals surface area contributed by atoms with Crippen LogP contribution in [0, 0.1) is 0 Å². The van der Waals surface area contributed by atoms with Crippen LogP contribution in [0.3, 0.4) is 0 Å². The summed E-state index contributed by atoms with van der Waals surface area (Å²) in [5, 5.41) is 2.25. The lowest BCUT2D eigenvalue weighted by atomic mass is 10.3. The Morgan fingerprint density at radius 2 is 1.79 bits per heavy atom. The Morgan fingerprint density at radius 3 is 2.32 bits per heavy atom. The van der Waals surface area contributed by atoms with Gasteiger partial charge in [-0.1, -0.05) is 11.6 Å². The zero-order chi connectivity index (χ0) is 14.3. The SMILES string of the molecule is CN[C@@H]1CS(=O)(=O)C[C@H]1S(=O)(=O)c1ccc(Cl)cc1. The number of rotatable bonds is 3. The number of nitrogens with one attached hydrogen (secondary N) is 1. The highest BCUT2D eigenvalue weighted by Crippen LogP contribution is 2.26. The summed E-state index contributed by atoms with van der Waals surface area (Å²) in [4.78, 5) is 0.0965. The Bertz CT molecular complexity index is 667. The van der Waals surface area contributed by atoms with Crippen LogP contribution in [-0.4, -0.2) is 46.7 Å². The van der Waals surface area contributed by atoms with Gasteiger partial charge in [0, 0.05) is 11.1 Å². The molecule has 0 unspecified atom stereocenters. The van der Waals surface area contributed by atoms with E-state index in [0.29, 0.717) is 5.02 Å². The van der Waals surface area contributed by atoms with Crippen LogP contribution in [0.4, 0.5) is 0 Å². The largest absolute Gasteiger partial charge is 0.315 e. The second-order valence-electron chi connectivity index (χ2n) is 4.51. The third-order valence-corrected chi connectivity index (χ3v) is 7.63. The molecule has 1 aliphatic heterocycles. The van der Waals surface area contributed by atoms with Crippen LogP contribution in [0.25, 0.3) is 0 Å². The summed E-state index contributed by atoms with van der Waals surface area (Å²) in [6.45, 7) is 0. The molecule has 2 rings (SSSR count). The van der Waals surface area contributed by atoms with Crippen molar-refractivity contribution in [1.82, 2.24) is 5.32 Å². The van der Waals surface area contributed by atoms with Crippen molar-refractivity contribution >= 4 is 31.3 Å². The minimum Gasteiger partial charge on any atom is -0.315 e. The third-order valence-electron chi connectivity index (χ3n) is 3.21. The van der Waals surface area contributed by atoms with E-state index in [1.54, 1.807) is 7.05 Å². The molecule has 1 heterocycles. The molecule has 0 radical (unpaired) electrons. The van der Waals surface area contributed by atoms with Crippen LogP contribution >= 0.6 is 11.6 Å². The number of sulfone groups is 2. The third kappa shape index (κ3) is 2.94. The topological polar surface area (TPSA) is 80.3 Å². The first-order chi connectivity index (χ1) is 8.76. The van der Waals surface area contributed by atoms with E-state index in [1.807, 2.05) is 0 Å². The van der Waals surface area contributed by atoms with Gasteiger partial charge in [-0.2, -0.15) is 0 Å². The molecule has 0 saturated carbocycles. The summed E-state index contributed by atoms with van der Waals surface area (Å²) in [6, 6.07) is 5.18. The van der Waals surface area contributed by atoms with E-state index in [0.717, 1.165) is 0 Å². The van der Waals surface area contributed by atoms with E-state index in [2.05, 4.69) is 5.32 Å². The van der Waals surface area contributed by atoms with Gasteiger partial charge in [-0.15, -0.1) is 0 Å². The van der Waals surface area contributed by atoms with Gasteiger partial charge >= 0.3 is 0 Å². The fourth-order valence-corrected chi connectivity index (χ4v) is 7.12. The molecule has 1 fully saturated rings. The summed E-state index contributed by atoms with van der Waals surface area (Å²) in [7, 11) is -5.45. The molecule has 8 heteroatoms. The van der Waals surface area contributed by atoms with Gasteiger partial charge in [0.25, 0.3) is 0 Å². The van der Waals surface area contributed by atoms with Crippen LogP contribution in [0.15, 0.2) is 29.2 Å². The number of benzene rings is 1. The zero-order valence-corrected chi connectivity index (χ0v) is 12.6. The Kier molecular flexibility index (Phi) is 3.92. The quantitative estimate of drug-likeness (QED) is 0.876. The van der Waals surface area contributed by atoms with Crippen LogP contribution in [0.1, 0.15) is 0 Å². The molecule has 0 spiro atoms. The van der Waals surface area contributed by atoms with Gasteiger partial charge < -0.3 is 5.32 Å². The highest BCUT2D eigenvalue weighted by Gasteiger charge is 2.45. The maximum Gasteiger partial charge on any atom is 0.183 e. The summed E-state index contributed by atoms with van der Waals surface area (Å²) < 4.78 is 48.1. The van der Waals surface area contributed by atoms with Crippen molar-refractivity contribution in [2.75, 3.05) is 18.6 Å². The van der Waals surface area contributed by atoms with E-state index in [1.165, 1.54) is 24.3 Å². The first-order valence-corrected chi connectivity index (χ1v) is 9.38. The molecule has 1 aromatic carbocycles. The Hall–Kier alpha value is -0.630. The number of hydrogen-bond donors (Lipinski definition) is 1. The van der Waals surface area contributed by atoms with Gasteiger partial charge in [-0.05, 0) is 31.3 Å². The molecule has 1 aliphatic rings. The van der Waals surface area contributed by atoms with Gasteiger partial charge in [-0.25, -0.2) is 16.8 Å². The van der Waals surface area contributed by atoms with Gasteiger partial charge in [-0.3, -0.25) is 0 Å². The fourth-order valence-electron chi connectivity index (χ4n) is 2.19. The summed E-state index contributed by atoms with van der Waals surface area (Å²) in [5.74, 6) is -0.496. The van der Waals surface area contributed by atoms with Crippen LogP contribution in [-0.2, 0) is 19.7 Å². The maximum absolute atomic E-state index is 12.5. The highest BCUT2D eigenvalue weighted by atomic mass is 35.5. The smallest absolute Gasteiger partial charge is 0.183 e. The highest BCUT2D eigenvalue weighted by molar-refractivity contribution is 7.96. The minimum absolute atomic E-state index is 0.0965. The minimum atomic E-state index is -3.69. The Labute approximate surface area is 117 Å². The van der Waals surface area contributed by atoms with Gasteiger partial charge in [0.15, 0.2) is 19.7 Å². The standard InChI is InChI=1S/C11H14ClNO4S2/c1-13-10-6-18(14,15)7-11(10)19(16,17)9-4-2-8(12)3-5-9/h2-5,10-11,13H,6-7H2,1H3/t10-,11-/m1/s1. The average Bonchev–Trinajstić information content (AvgIpc) is 2.66. The molecule has 106 valence electrons. The van der Waals surface area contributed by atoms with E-state index in [-0.39, 0.29) is 16.4 Å². The molecule has 2 atom stereocenters. The Morgan fingerprint density at radius 1 is 1.21 bits per heavy atom. The summed E-state index contributed by atoms with van der Waals surface area (Å²) in [5.41, 5.74) is 0. The van der Waals surface area contributed by atoms with Crippen molar-refractivity contribution in [2.45, 2.75) is 16.2 Å². The number of halogens is 1. The van der Waals surface area contributed by atoms with Crippen LogP contribution in [0.5, 0.6) is 0 Å². The maximum atomic E-state index is 12.5. The predicted octanol–water partition coefficient (Wildman–Crippen LogP) is 0.499. The molecule has 0 aromatic heterocycles.